The van der Waals surface area contributed by atoms with Crippen molar-refractivity contribution in [2.75, 3.05) is 20.8 Å². The number of rotatable bonds is 3. The van der Waals surface area contributed by atoms with Crippen molar-refractivity contribution in [2.45, 2.75) is 19.4 Å². The van der Waals surface area contributed by atoms with Gasteiger partial charge < -0.3 is 19.4 Å². The number of H-pyrrole nitrogens is 1. The van der Waals surface area contributed by atoms with Crippen LogP contribution in [-0.2, 0) is 6.42 Å². The molecule has 146 valence electrons. The molecular weight excluding hydrogens is 405 g/mol. The fourth-order valence-electron chi connectivity index (χ4n) is 3.58. The van der Waals surface area contributed by atoms with Crippen molar-refractivity contribution in [3.63, 3.8) is 0 Å². The molecule has 0 aliphatic carbocycles. The van der Waals surface area contributed by atoms with E-state index in [0.717, 1.165) is 16.6 Å². The third kappa shape index (κ3) is 2.84. The van der Waals surface area contributed by atoms with Gasteiger partial charge in [0.1, 0.15) is 5.02 Å². The third-order valence-electron chi connectivity index (χ3n) is 4.93. The molecular formula is C18H17Cl2N5O3. The number of methoxy groups -OCH3 is 2. The van der Waals surface area contributed by atoms with Crippen LogP contribution in [-0.4, -0.2) is 51.5 Å². The Morgan fingerprint density at radius 3 is 2.61 bits per heavy atom. The summed E-state index contributed by atoms with van der Waals surface area (Å²) in [6.45, 7) is 2.45. The van der Waals surface area contributed by atoms with Gasteiger partial charge in [0.25, 0.3) is 5.91 Å². The predicted molar refractivity (Wildman–Crippen MR) is 104 cm³/mol. The van der Waals surface area contributed by atoms with Gasteiger partial charge in [0.15, 0.2) is 10.9 Å². The van der Waals surface area contributed by atoms with Crippen LogP contribution >= 0.6 is 23.2 Å². The van der Waals surface area contributed by atoms with Crippen LogP contribution in [0.2, 0.25) is 10.2 Å². The molecule has 0 bridgehead atoms. The largest absolute Gasteiger partial charge is 0.494 e. The normalized spacial score (nSPS) is 16.2. The zero-order valence-electron chi connectivity index (χ0n) is 15.4. The van der Waals surface area contributed by atoms with Gasteiger partial charge in [-0.25, -0.2) is 9.97 Å². The number of halogens is 2. The molecule has 28 heavy (non-hydrogen) atoms. The molecule has 8 nitrogen and oxygen atoms in total. The second-order valence-corrected chi connectivity index (χ2v) is 7.10. The van der Waals surface area contributed by atoms with Crippen molar-refractivity contribution >= 4 is 40.0 Å². The quantitative estimate of drug-likeness (QED) is 0.650. The number of ether oxygens (including phenoxy) is 2. The SMILES string of the molecule is COc1cnc(C(=O)N2CCc3[nH]c4c(Cl)c(Cl)nc(OC)c4c3C2C)nc1. The van der Waals surface area contributed by atoms with Gasteiger partial charge >= 0.3 is 0 Å². The molecule has 0 saturated carbocycles. The van der Waals surface area contributed by atoms with E-state index in [4.69, 9.17) is 32.7 Å². The topological polar surface area (TPSA) is 93.2 Å². The minimum Gasteiger partial charge on any atom is -0.494 e. The molecule has 3 aromatic heterocycles. The van der Waals surface area contributed by atoms with Crippen molar-refractivity contribution in [1.82, 2.24) is 24.8 Å². The van der Waals surface area contributed by atoms with Crippen molar-refractivity contribution in [3.05, 3.63) is 39.7 Å². The van der Waals surface area contributed by atoms with E-state index in [-0.39, 0.29) is 22.9 Å². The van der Waals surface area contributed by atoms with Gasteiger partial charge in [-0.05, 0) is 6.92 Å². The minimum absolute atomic E-state index is 0.113. The number of nitrogens with one attached hydrogen (secondary N) is 1. The van der Waals surface area contributed by atoms with Crippen LogP contribution in [0.4, 0.5) is 0 Å². The van der Waals surface area contributed by atoms with E-state index in [0.29, 0.717) is 35.1 Å². The van der Waals surface area contributed by atoms with Gasteiger partial charge in [-0.2, -0.15) is 4.98 Å². The van der Waals surface area contributed by atoms with Crippen LogP contribution in [0.1, 0.15) is 34.8 Å². The summed E-state index contributed by atoms with van der Waals surface area (Å²) in [6.07, 6.45) is 3.56. The van der Waals surface area contributed by atoms with Crippen LogP contribution in [0.25, 0.3) is 10.9 Å². The van der Waals surface area contributed by atoms with Crippen LogP contribution in [0, 0.1) is 0 Å². The molecule has 1 amide bonds. The van der Waals surface area contributed by atoms with Crippen molar-refractivity contribution < 1.29 is 14.3 Å². The average molecular weight is 422 g/mol. The first-order valence-corrected chi connectivity index (χ1v) is 9.32. The number of carbonyl (C=O) groups excluding carboxylic acids is 1. The van der Waals surface area contributed by atoms with E-state index in [1.165, 1.54) is 26.6 Å². The number of pyridine rings is 1. The maximum atomic E-state index is 13.0. The smallest absolute Gasteiger partial charge is 0.292 e. The number of hydrogen-bond acceptors (Lipinski definition) is 6. The van der Waals surface area contributed by atoms with Crippen LogP contribution in [0.5, 0.6) is 11.6 Å². The number of hydrogen-bond donors (Lipinski definition) is 1. The molecule has 1 aliphatic heterocycles. The number of aromatic nitrogens is 4. The number of fused-ring (bicyclic) bond motifs is 3. The molecule has 0 saturated heterocycles. The molecule has 0 spiro atoms. The maximum Gasteiger partial charge on any atom is 0.292 e. The lowest BCUT2D eigenvalue weighted by Gasteiger charge is -2.33. The van der Waals surface area contributed by atoms with Gasteiger partial charge in [-0.15, -0.1) is 0 Å². The van der Waals surface area contributed by atoms with Gasteiger partial charge in [0.2, 0.25) is 11.7 Å². The first-order valence-electron chi connectivity index (χ1n) is 8.56. The van der Waals surface area contributed by atoms with Gasteiger partial charge in [-0.3, -0.25) is 4.79 Å². The van der Waals surface area contributed by atoms with Crippen molar-refractivity contribution in [1.29, 1.82) is 0 Å². The molecule has 0 radical (unpaired) electrons. The molecule has 10 heteroatoms. The van der Waals surface area contributed by atoms with E-state index in [1.54, 1.807) is 4.90 Å². The van der Waals surface area contributed by atoms with Crippen LogP contribution in [0.3, 0.4) is 0 Å². The fourth-order valence-corrected chi connectivity index (χ4v) is 3.93. The molecule has 3 aromatic rings. The summed E-state index contributed by atoms with van der Waals surface area (Å²) in [5, 5.41) is 1.22. The number of aromatic amines is 1. The molecule has 4 heterocycles. The van der Waals surface area contributed by atoms with Gasteiger partial charge in [0, 0.05) is 24.2 Å². The highest BCUT2D eigenvalue weighted by molar-refractivity contribution is 6.44. The summed E-state index contributed by atoms with van der Waals surface area (Å²) in [6, 6.07) is -0.261. The summed E-state index contributed by atoms with van der Waals surface area (Å²) < 4.78 is 10.5. The Bertz CT molecular complexity index is 1070. The third-order valence-corrected chi connectivity index (χ3v) is 5.67. The van der Waals surface area contributed by atoms with E-state index in [1.807, 2.05) is 6.92 Å². The number of nitrogens with zero attached hydrogens (tertiary/aromatic N) is 4. The highest BCUT2D eigenvalue weighted by atomic mass is 35.5. The lowest BCUT2D eigenvalue weighted by atomic mass is 9.97. The molecule has 4 rings (SSSR count). The standard InChI is InChI=1S/C18H17Cl2N5O3/c1-8-11-10(23-14-12(11)17(28-3)24-15(20)13(14)19)4-5-25(8)18(26)16-21-6-9(27-2)7-22-16/h6-8,23H,4-5H2,1-3H3. The molecule has 0 aromatic carbocycles. The first-order chi connectivity index (χ1) is 13.5. The summed E-state index contributed by atoms with van der Waals surface area (Å²) in [5.74, 6) is 0.706. The average Bonchev–Trinajstić information content (AvgIpc) is 3.11. The second-order valence-electron chi connectivity index (χ2n) is 6.36. The van der Waals surface area contributed by atoms with Gasteiger partial charge in [-0.1, -0.05) is 23.2 Å². The Morgan fingerprint density at radius 1 is 1.25 bits per heavy atom. The predicted octanol–water partition coefficient (Wildman–Crippen LogP) is 3.44. The lowest BCUT2D eigenvalue weighted by molar-refractivity contribution is 0.0665. The zero-order chi connectivity index (χ0) is 20.0. The molecule has 1 aliphatic rings. The van der Waals surface area contributed by atoms with E-state index in [2.05, 4.69) is 19.9 Å². The number of carbonyl (C=O) groups is 1. The Labute approximate surface area is 170 Å². The van der Waals surface area contributed by atoms with Gasteiger partial charge in [0.05, 0.1) is 43.6 Å². The highest BCUT2D eigenvalue weighted by Gasteiger charge is 2.34. The Balaban J connectivity index is 1.78. The highest BCUT2D eigenvalue weighted by Crippen LogP contribution is 2.43. The summed E-state index contributed by atoms with van der Waals surface area (Å²) in [4.78, 5) is 30.5. The molecule has 1 unspecified atom stereocenters. The van der Waals surface area contributed by atoms with Crippen molar-refractivity contribution in [3.8, 4) is 11.6 Å². The first kappa shape index (κ1) is 18.8. The van der Waals surface area contributed by atoms with E-state index >= 15 is 0 Å². The minimum atomic E-state index is -0.262. The summed E-state index contributed by atoms with van der Waals surface area (Å²) in [7, 11) is 3.04. The van der Waals surface area contributed by atoms with E-state index < -0.39 is 0 Å². The maximum absolute atomic E-state index is 13.0. The van der Waals surface area contributed by atoms with Crippen molar-refractivity contribution in [2.24, 2.45) is 0 Å². The fraction of sp³-hybridized carbons (Fsp3) is 0.333. The molecule has 1 N–H and O–H groups in total. The molecule has 0 fully saturated rings. The number of amides is 1. The summed E-state index contributed by atoms with van der Waals surface area (Å²) >= 11 is 12.5. The Morgan fingerprint density at radius 2 is 1.96 bits per heavy atom. The zero-order valence-corrected chi connectivity index (χ0v) is 16.9. The Hall–Kier alpha value is -2.58. The van der Waals surface area contributed by atoms with E-state index in [9.17, 15) is 4.79 Å². The Kier molecular flexibility index (Phi) is 4.76. The monoisotopic (exact) mass is 421 g/mol. The van der Waals surface area contributed by atoms with Crippen LogP contribution < -0.4 is 9.47 Å². The molecule has 1 atom stereocenters. The summed E-state index contributed by atoms with van der Waals surface area (Å²) in [5.41, 5.74) is 2.54. The second kappa shape index (κ2) is 7.10. The lowest BCUT2D eigenvalue weighted by Crippen LogP contribution is -2.39. The van der Waals surface area contributed by atoms with Crippen LogP contribution in [0.15, 0.2) is 12.4 Å².